The molecule has 0 radical (unpaired) electrons. The fraction of sp³-hybridized carbons (Fsp3) is 0.143. The molecule has 2 aromatic carbocycles. The maximum absolute atomic E-state index is 11.6. The summed E-state index contributed by atoms with van der Waals surface area (Å²) in [6, 6.07) is 11.7. The Bertz CT molecular complexity index is 726. The molecular formula is C14H15NO4S. The average molecular weight is 293 g/mol. The van der Waals surface area contributed by atoms with Crippen LogP contribution in [-0.4, -0.2) is 21.8 Å². The molecule has 106 valence electrons. The second kappa shape index (κ2) is 5.42. The van der Waals surface area contributed by atoms with Gasteiger partial charge < -0.3 is 15.2 Å². The zero-order chi connectivity index (χ0) is 14.8. The van der Waals surface area contributed by atoms with E-state index in [-0.39, 0.29) is 16.3 Å². The molecule has 0 aliphatic carbocycles. The third-order valence-corrected chi connectivity index (χ3v) is 3.87. The van der Waals surface area contributed by atoms with Crippen LogP contribution in [0.1, 0.15) is 0 Å². The second-order valence-corrected chi connectivity index (χ2v) is 6.18. The summed E-state index contributed by atoms with van der Waals surface area (Å²) in [6.45, 7) is 0. The van der Waals surface area contributed by atoms with Crippen molar-refractivity contribution in [2.45, 2.75) is 4.90 Å². The molecule has 0 bridgehead atoms. The molecule has 0 saturated heterocycles. The number of anilines is 1. The number of benzene rings is 2. The molecule has 2 aromatic rings. The van der Waals surface area contributed by atoms with E-state index in [1.54, 1.807) is 30.3 Å². The summed E-state index contributed by atoms with van der Waals surface area (Å²) < 4.78 is 34.1. The molecule has 0 atom stereocenters. The normalized spacial score (nSPS) is 11.1. The van der Waals surface area contributed by atoms with E-state index in [1.165, 1.54) is 13.2 Å². The maximum atomic E-state index is 11.6. The van der Waals surface area contributed by atoms with Gasteiger partial charge in [-0.05, 0) is 24.3 Å². The van der Waals surface area contributed by atoms with Crippen molar-refractivity contribution in [2.75, 3.05) is 19.1 Å². The van der Waals surface area contributed by atoms with Crippen LogP contribution >= 0.6 is 0 Å². The number of ether oxygens (including phenoxy) is 2. The highest BCUT2D eigenvalue weighted by molar-refractivity contribution is 7.90. The minimum atomic E-state index is -3.40. The third kappa shape index (κ3) is 2.85. The molecule has 6 heteroatoms. The monoisotopic (exact) mass is 293 g/mol. The Kier molecular flexibility index (Phi) is 3.85. The first-order chi connectivity index (χ1) is 9.43. The van der Waals surface area contributed by atoms with Crippen LogP contribution in [0.15, 0.2) is 47.4 Å². The van der Waals surface area contributed by atoms with E-state index in [0.29, 0.717) is 11.5 Å². The van der Waals surface area contributed by atoms with Crippen molar-refractivity contribution in [3.05, 3.63) is 42.5 Å². The maximum Gasteiger partial charge on any atom is 0.177 e. The van der Waals surface area contributed by atoms with Gasteiger partial charge in [-0.2, -0.15) is 0 Å². The molecule has 0 heterocycles. The summed E-state index contributed by atoms with van der Waals surface area (Å²) >= 11 is 0. The number of hydrogen-bond acceptors (Lipinski definition) is 5. The van der Waals surface area contributed by atoms with Gasteiger partial charge >= 0.3 is 0 Å². The lowest BCUT2D eigenvalue weighted by Gasteiger charge is -2.13. The van der Waals surface area contributed by atoms with E-state index < -0.39 is 9.84 Å². The lowest BCUT2D eigenvalue weighted by Crippen LogP contribution is -2.04. The predicted molar refractivity (Wildman–Crippen MR) is 77.0 cm³/mol. The van der Waals surface area contributed by atoms with Gasteiger partial charge in [0.05, 0.1) is 17.7 Å². The lowest BCUT2D eigenvalue weighted by molar-refractivity contribution is 0.379. The molecule has 0 aliphatic rings. The Morgan fingerprint density at radius 1 is 0.950 bits per heavy atom. The number of nitrogens with two attached hydrogens (primary N) is 1. The third-order valence-electron chi connectivity index (χ3n) is 2.71. The first kappa shape index (κ1) is 14.2. The van der Waals surface area contributed by atoms with Crippen molar-refractivity contribution in [2.24, 2.45) is 0 Å². The summed E-state index contributed by atoms with van der Waals surface area (Å²) in [5.41, 5.74) is 5.95. The quantitative estimate of drug-likeness (QED) is 0.876. The van der Waals surface area contributed by atoms with Gasteiger partial charge in [0.1, 0.15) is 0 Å². The standard InChI is InChI=1S/C14H15NO4S/c1-18-10-6-3-4-7-11(10)19-12-8-5-9-13(14(12)15)20(2,16)17/h3-9H,15H2,1-2H3. The van der Waals surface area contributed by atoms with E-state index in [1.807, 2.05) is 6.07 Å². The zero-order valence-corrected chi connectivity index (χ0v) is 12.0. The molecule has 2 rings (SSSR count). The van der Waals surface area contributed by atoms with Crippen molar-refractivity contribution in [1.82, 2.24) is 0 Å². The fourth-order valence-electron chi connectivity index (χ4n) is 1.76. The SMILES string of the molecule is COc1ccccc1Oc1cccc(S(C)(=O)=O)c1N. The largest absolute Gasteiger partial charge is 0.493 e. The number of rotatable bonds is 4. The fourth-order valence-corrected chi connectivity index (χ4v) is 2.58. The van der Waals surface area contributed by atoms with Gasteiger partial charge in [0, 0.05) is 6.26 Å². The minimum absolute atomic E-state index is 0.0462. The zero-order valence-electron chi connectivity index (χ0n) is 11.2. The van der Waals surface area contributed by atoms with Crippen molar-refractivity contribution < 1.29 is 17.9 Å². The predicted octanol–water partition coefficient (Wildman–Crippen LogP) is 2.47. The molecule has 0 fully saturated rings. The van der Waals surface area contributed by atoms with Crippen LogP contribution in [0.5, 0.6) is 17.2 Å². The van der Waals surface area contributed by atoms with Crippen molar-refractivity contribution in [1.29, 1.82) is 0 Å². The van der Waals surface area contributed by atoms with Crippen LogP contribution in [0.2, 0.25) is 0 Å². The van der Waals surface area contributed by atoms with E-state index in [4.69, 9.17) is 15.2 Å². The first-order valence-electron chi connectivity index (χ1n) is 5.83. The smallest absolute Gasteiger partial charge is 0.177 e. The van der Waals surface area contributed by atoms with Gasteiger partial charge in [-0.25, -0.2) is 8.42 Å². The summed E-state index contributed by atoms with van der Waals surface area (Å²) in [4.78, 5) is 0.0462. The Hall–Kier alpha value is -2.21. The Labute approximate surface area is 117 Å². The van der Waals surface area contributed by atoms with E-state index in [9.17, 15) is 8.42 Å². The van der Waals surface area contributed by atoms with Crippen LogP contribution in [0.3, 0.4) is 0 Å². The molecule has 5 nitrogen and oxygen atoms in total. The summed E-state index contributed by atoms with van der Waals surface area (Å²) in [5.74, 6) is 1.28. The molecule has 0 saturated carbocycles. The van der Waals surface area contributed by atoms with Crippen molar-refractivity contribution in [3.63, 3.8) is 0 Å². The molecule has 0 spiro atoms. The van der Waals surface area contributed by atoms with Gasteiger partial charge in [-0.1, -0.05) is 18.2 Å². The molecular weight excluding hydrogens is 278 g/mol. The Morgan fingerprint density at radius 2 is 1.55 bits per heavy atom. The second-order valence-electron chi connectivity index (χ2n) is 4.19. The highest BCUT2D eigenvalue weighted by Gasteiger charge is 2.16. The van der Waals surface area contributed by atoms with Gasteiger partial charge in [0.2, 0.25) is 0 Å². The molecule has 0 aliphatic heterocycles. The number of sulfone groups is 1. The van der Waals surface area contributed by atoms with Crippen molar-refractivity contribution in [3.8, 4) is 17.2 Å². The molecule has 0 aromatic heterocycles. The molecule has 2 N–H and O–H groups in total. The average Bonchev–Trinajstić information content (AvgIpc) is 2.40. The minimum Gasteiger partial charge on any atom is -0.493 e. The number of para-hydroxylation sites is 3. The van der Waals surface area contributed by atoms with Crippen LogP contribution in [0.25, 0.3) is 0 Å². The van der Waals surface area contributed by atoms with Crippen LogP contribution in [0, 0.1) is 0 Å². The summed E-state index contributed by atoms with van der Waals surface area (Å²) in [5, 5.41) is 0. The highest BCUT2D eigenvalue weighted by Crippen LogP contribution is 2.36. The van der Waals surface area contributed by atoms with Crippen LogP contribution < -0.4 is 15.2 Å². The van der Waals surface area contributed by atoms with E-state index in [0.717, 1.165) is 6.26 Å². The lowest BCUT2D eigenvalue weighted by atomic mass is 10.3. The molecule has 0 amide bonds. The van der Waals surface area contributed by atoms with Crippen LogP contribution in [-0.2, 0) is 9.84 Å². The molecule has 20 heavy (non-hydrogen) atoms. The number of nitrogen functional groups attached to an aromatic ring is 1. The molecule has 0 unspecified atom stereocenters. The topological polar surface area (TPSA) is 78.6 Å². The van der Waals surface area contributed by atoms with Gasteiger partial charge in [0.15, 0.2) is 27.1 Å². The first-order valence-corrected chi connectivity index (χ1v) is 7.72. The highest BCUT2D eigenvalue weighted by atomic mass is 32.2. The van der Waals surface area contributed by atoms with Gasteiger partial charge in [-0.15, -0.1) is 0 Å². The van der Waals surface area contributed by atoms with Crippen LogP contribution in [0.4, 0.5) is 5.69 Å². The van der Waals surface area contributed by atoms with Gasteiger partial charge in [0.25, 0.3) is 0 Å². The Balaban J connectivity index is 2.45. The number of methoxy groups -OCH3 is 1. The summed E-state index contributed by atoms with van der Waals surface area (Å²) in [6.07, 6.45) is 1.10. The van der Waals surface area contributed by atoms with E-state index >= 15 is 0 Å². The van der Waals surface area contributed by atoms with Gasteiger partial charge in [-0.3, -0.25) is 0 Å². The summed E-state index contributed by atoms with van der Waals surface area (Å²) in [7, 11) is -1.87. The Morgan fingerprint density at radius 3 is 2.15 bits per heavy atom. The van der Waals surface area contributed by atoms with Crippen molar-refractivity contribution >= 4 is 15.5 Å². The number of hydrogen-bond donors (Lipinski definition) is 1. The van der Waals surface area contributed by atoms with E-state index in [2.05, 4.69) is 0 Å².